The molecule has 0 aliphatic carbocycles. The average Bonchev–Trinajstić information content (AvgIpc) is 3.58. The van der Waals surface area contributed by atoms with Crippen molar-refractivity contribution in [1.82, 2.24) is 19.9 Å². The van der Waals surface area contributed by atoms with Crippen LogP contribution < -0.4 is 14.5 Å². The van der Waals surface area contributed by atoms with Crippen LogP contribution in [0.15, 0.2) is 24.3 Å². The summed E-state index contributed by atoms with van der Waals surface area (Å²) in [5.41, 5.74) is -0.518. The number of ether oxygens (including phenoxy) is 2. The lowest BCUT2D eigenvalue weighted by Gasteiger charge is -2.39. The number of fused-ring (bicyclic) bond motifs is 4. The molecule has 0 amide bonds. The number of nitrogens with zero attached hydrogens (tertiary/aromatic N) is 6. The van der Waals surface area contributed by atoms with Crippen molar-refractivity contribution in [2.45, 2.75) is 56.3 Å². The number of anilines is 2. The minimum Gasteiger partial charge on any atom is -0.508 e. The molecule has 48 heavy (non-hydrogen) atoms. The van der Waals surface area contributed by atoms with E-state index in [1.165, 1.54) is 24.3 Å². The number of phenols is 1. The molecule has 12 heteroatoms. The molecule has 1 N–H and O–H groups in total. The topological polar surface area (TPSA) is 87.1 Å². The number of hydrogen-bond donors (Lipinski definition) is 1. The Hall–Kier alpha value is -4.34. The van der Waals surface area contributed by atoms with Gasteiger partial charge in [0.1, 0.15) is 47.2 Å². The molecule has 0 bridgehead atoms. The number of rotatable bonds is 4. The quantitative estimate of drug-likeness (QED) is 0.282. The van der Waals surface area contributed by atoms with Crippen molar-refractivity contribution in [3.05, 3.63) is 41.5 Å². The maximum Gasteiger partial charge on any atom is 0.319 e. The summed E-state index contributed by atoms with van der Waals surface area (Å²) in [5.74, 6) is 1.77. The Kier molecular flexibility index (Phi) is 7.72. The predicted molar refractivity (Wildman–Crippen MR) is 177 cm³/mol. The summed E-state index contributed by atoms with van der Waals surface area (Å²) in [6.07, 6.45) is 9.49. The number of benzene rings is 2. The molecule has 2 aromatic heterocycles. The van der Waals surface area contributed by atoms with Crippen LogP contribution in [0.4, 0.5) is 24.8 Å². The molecule has 9 nitrogen and oxygen atoms in total. The highest BCUT2D eigenvalue weighted by atomic mass is 19.1. The van der Waals surface area contributed by atoms with Crippen LogP contribution in [0.2, 0.25) is 0 Å². The number of aromatic hydroxyl groups is 1. The molecule has 3 saturated heterocycles. The fraction of sp³-hybridized carbons (Fsp3) is 0.472. The van der Waals surface area contributed by atoms with E-state index in [1.807, 2.05) is 11.9 Å². The zero-order chi connectivity index (χ0) is 33.2. The molecule has 0 spiro atoms. The molecule has 0 saturated carbocycles. The maximum atomic E-state index is 17.2. The first-order valence-electron chi connectivity index (χ1n) is 16.7. The van der Waals surface area contributed by atoms with Gasteiger partial charge in [0, 0.05) is 56.7 Å². The number of phenolic OH excluding ortho intramolecular Hbond substituents is 1. The van der Waals surface area contributed by atoms with Gasteiger partial charge in [0.2, 0.25) is 0 Å². The van der Waals surface area contributed by atoms with E-state index in [4.69, 9.17) is 25.9 Å². The third kappa shape index (κ3) is 5.06. The van der Waals surface area contributed by atoms with Gasteiger partial charge in [-0.05, 0) is 62.2 Å². The van der Waals surface area contributed by atoms with Gasteiger partial charge in [0.05, 0.1) is 23.1 Å². The number of pyridine rings is 1. The Bertz CT molecular complexity index is 1970. The zero-order valence-corrected chi connectivity index (χ0v) is 26.8. The fourth-order valence-corrected chi connectivity index (χ4v) is 8.30. The lowest BCUT2D eigenvalue weighted by atomic mass is 9.95. The molecule has 6 heterocycles. The van der Waals surface area contributed by atoms with Crippen LogP contribution >= 0.6 is 0 Å². The summed E-state index contributed by atoms with van der Waals surface area (Å²) in [7, 11) is 1.90. The minimum atomic E-state index is -0.930. The summed E-state index contributed by atoms with van der Waals surface area (Å²) in [4.78, 5) is 20.8. The van der Waals surface area contributed by atoms with Crippen molar-refractivity contribution >= 4 is 33.3 Å². The van der Waals surface area contributed by atoms with E-state index < -0.39 is 23.3 Å². The second-order valence-corrected chi connectivity index (χ2v) is 13.5. The van der Waals surface area contributed by atoms with Gasteiger partial charge in [-0.3, -0.25) is 4.90 Å². The van der Waals surface area contributed by atoms with E-state index in [0.717, 1.165) is 38.6 Å². The van der Waals surface area contributed by atoms with Crippen molar-refractivity contribution in [3.63, 3.8) is 0 Å². The minimum absolute atomic E-state index is 0.0101. The lowest BCUT2D eigenvalue weighted by Crippen LogP contribution is -2.44. The van der Waals surface area contributed by atoms with E-state index in [2.05, 4.69) is 20.7 Å². The summed E-state index contributed by atoms with van der Waals surface area (Å²) in [6, 6.07) is 5.62. The van der Waals surface area contributed by atoms with E-state index in [9.17, 15) is 9.50 Å². The number of alkyl halides is 1. The van der Waals surface area contributed by atoms with E-state index in [0.29, 0.717) is 61.7 Å². The maximum absolute atomic E-state index is 17.2. The summed E-state index contributed by atoms with van der Waals surface area (Å²) in [6.45, 7) is 3.67. The van der Waals surface area contributed by atoms with Gasteiger partial charge < -0.3 is 24.4 Å². The highest BCUT2D eigenvalue weighted by molar-refractivity contribution is 6.06. The average molecular weight is 659 g/mol. The molecule has 4 aliphatic rings. The normalized spacial score (nSPS) is 24.5. The smallest absolute Gasteiger partial charge is 0.319 e. The second kappa shape index (κ2) is 12.0. The third-order valence-electron chi connectivity index (χ3n) is 10.6. The number of terminal acetylenes is 1. The molecule has 4 aromatic rings. The Morgan fingerprint density at radius 1 is 1.06 bits per heavy atom. The standard InChI is InChI=1S/C36H37F3N6O3/c1-3-25-27(38)8-7-21-16-24(46)17-26(28(21)25)31-30(39)32-29-33(40-31)43(2)12-9-23-6-4-14-47-15-13-45(23)34(29)42-35(41-32)48-20-36-10-5-11-44(36)19-22(37)18-36/h1,7-8,16-17,22-23,46H,4-6,9-15,18-20H2,2H3/t22-,23-,36+/m1/s1. The molecule has 0 unspecified atom stereocenters. The van der Waals surface area contributed by atoms with E-state index >= 15 is 8.78 Å². The lowest BCUT2D eigenvalue weighted by molar-refractivity contribution is 0.107. The van der Waals surface area contributed by atoms with Crippen LogP contribution in [-0.2, 0) is 4.74 Å². The first-order chi connectivity index (χ1) is 23.3. The van der Waals surface area contributed by atoms with Crippen molar-refractivity contribution < 1.29 is 27.8 Å². The van der Waals surface area contributed by atoms with Gasteiger partial charge in [-0.25, -0.2) is 18.2 Å². The molecular formula is C36H37F3N6O3. The first-order valence-corrected chi connectivity index (χ1v) is 16.7. The number of halogens is 3. The van der Waals surface area contributed by atoms with Gasteiger partial charge in [-0.15, -0.1) is 6.42 Å². The molecule has 3 atom stereocenters. The van der Waals surface area contributed by atoms with Crippen LogP contribution in [-0.4, -0.2) is 95.8 Å². The first kappa shape index (κ1) is 31.0. The summed E-state index contributed by atoms with van der Waals surface area (Å²) in [5, 5.41) is 11.8. The van der Waals surface area contributed by atoms with E-state index in [1.54, 1.807) is 0 Å². The van der Waals surface area contributed by atoms with Crippen LogP contribution in [0.5, 0.6) is 11.8 Å². The largest absolute Gasteiger partial charge is 0.508 e. The molecule has 8 rings (SSSR count). The molecule has 2 aromatic carbocycles. The van der Waals surface area contributed by atoms with Crippen LogP contribution in [0, 0.1) is 24.0 Å². The molecule has 0 radical (unpaired) electrons. The molecule has 4 aliphatic heterocycles. The zero-order valence-electron chi connectivity index (χ0n) is 26.8. The molecule has 3 fully saturated rings. The molecule has 250 valence electrons. The highest BCUT2D eigenvalue weighted by Gasteiger charge is 2.49. The van der Waals surface area contributed by atoms with E-state index in [-0.39, 0.29) is 52.1 Å². The Labute approximate surface area is 276 Å². The van der Waals surface area contributed by atoms with Gasteiger partial charge >= 0.3 is 6.01 Å². The van der Waals surface area contributed by atoms with Crippen LogP contribution in [0.1, 0.15) is 44.1 Å². The second-order valence-electron chi connectivity index (χ2n) is 13.5. The summed E-state index contributed by atoms with van der Waals surface area (Å²) < 4.78 is 59.0. The van der Waals surface area contributed by atoms with Gasteiger partial charge in [0.25, 0.3) is 0 Å². The van der Waals surface area contributed by atoms with Gasteiger partial charge in [-0.2, -0.15) is 9.97 Å². The van der Waals surface area contributed by atoms with Crippen molar-refractivity contribution in [1.29, 1.82) is 0 Å². The monoisotopic (exact) mass is 658 g/mol. The highest BCUT2D eigenvalue weighted by Crippen LogP contribution is 2.44. The Morgan fingerprint density at radius 2 is 1.94 bits per heavy atom. The Balaban J connectivity index is 1.36. The molecular weight excluding hydrogens is 621 g/mol. The fourth-order valence-electron chi connectivity index (χ4n) is 8.30. The van der Waals surface area contributed by atoms with Gasteiger partial charge in [0.15, 0.2) is 5.82 Å². The van der Waals surface area contributed by atoms with Crippen molar-refractivity contribution in [3.8, 4) is 35.4 Å². The van der Waals surface area contributed by atoms with Crippen LogP contribution in [0.25, 0.3) is 32.9 Å². The predicted octanol–water partition coefficient (Wildman–Crippen LogP) is 5.59. The van der Waals surface area contributed by atoms with Crippen molar-refractivity contribution in [2.75, 3.05) is 62.8 Å². The Morgan fingerprint density at radius 3 is 2.79 bits per heavy atom. The third-order valence-corrected chi connectivity index (χ3v) is 10.6. The summed E-state index contributed by atoms with van der Waals surface area (Å²) >= 11 is 0. The number of aromatic nitrogens is 3. The van der Waals surface area contributed by atoms with Crippen molar-refractivity contribution in [2.24, 2.45) is 0 Å². The SMILES string of the molecule is C#Cc1c(F)ccc2cc(O)cc(-c3nc4c5c(nc(OC[C@@]67CCCN6C[C@H](F)C7)nc5c3F)N3CCOCCC[C@@H]3CCN4C)c12. The van der Waals surface area contributed by atoms with Gasteiger partial charge in [-0.1, -0.05) is 12.0 Å². The van der Waals surface area contributed by atoms with Crippen LogP contribution in [0.3, 0.4) is 0 Å². The number of hydrogen-bond acceptors (Lipinski definition) is 9.